The Labute approximate surface area is 135 Å². The fourth-order valence-corrected chi connectivity index (χ4v) is 1.66. The Hall–Kier alpha value is -2.39. The van der Waals surface area contributed by atoms with Crippen LogP contribution in [-0.2, 0) is 9.59 Å². The molecular weight excluding hydrogens is 304 g/mol. The molecule has 10 nitrogen and oxygen atoms in total. The van der Waals surface area contributed by atoms with Crippen molar-refractivity contribution in [1.29, 1.82) is 5.41 Å². The predicted molar refractivity (Wildman–Crippen MR) is 84.6 cm³/mol. The van der Waals surface area contributed by atoms with Crippen molar-refractivity contribution in [2.24, 2.45) is 5.92 Å². The average molecular weight is 329 g/mol. The van der Waals surface area contributed by atoms with Crippen LogP contribution in [0.1, 0.15) is 40.0 Å². The van der Waals surface area contributed by atoms with Gasteiger partial charge in [0.05, 0.1) is 0 Å². The number of amides is 2. The number of nitro groups is 1. The van der Waals surface area contributed by atoms with E-state index in [1.165, 1.54) is 6.92 Å². The Kier molecular flexibility index (Phi) is 10.0. The average Bonchev–Trinajstić information content (AvgIpc) is 2.40. The van der Waals surface area contributed by atoms with E-state index in [0.717, 1.165) is 6.42 Å². The van der Waals surface area contributed by atoms with Crippen LogP contribution in [0.25, 0.3) is 0 Å². The van der Waals surface area contributed by atoms with Crippen molar-refractivity contribution in [1.82, 2.24) is 21.4 Å². The lowest BCUT2D eigenvalue weighted by atomic mass is 10.1. The fraction of sp³-hybridized carbons (Fsp3) is 0.692. The number of hydrazine groups is 1. The minimum Gasteiger partial charge on any atom is -0.352 e. The molecule has 131 valence electrons. The summed E-state index contributed by atoms with van der Waals surface area (Å²) in [6.45, 7) is 7.30. The second-order valence-electron chi connectivity index (χ2n) is 5.41. The molecule has 0 saturated carbocycles. The first-order chi connectivity index (χ1) is 10.7. The van der Waals surface area contributed by atoms with Gasteiger partial charge in [0.1, 0.15) is 6.04 Å². The number of hydrogen-bond donors (Lipinski definition) is 5. The number of carbonyl (C=O) groups excluding carboxylic acids is 2. The number of rotatable bonds is 10. The zero-order chi connectivity index (χ0) is 17.8. The molecule has 0 rings (SSSR count). The van der Waals surface area contributed by atoms with Gasteiger partial charge in [-0.15, -0.1) is 0 Å². The number of nitrogens with one attached hydrogen (secondary N) is 5. The second kappa shape index (κ2) is 11.2. The maximum absolute atomic E-state index is 12.0. The van der Waals surface area contributed by atoms with Crippen LogP contribution in [0.5, 0.6) is 0 Å². The van der Waals surface area contributed by atoms with E-state index in [1.54, 1.807) is 12.0 Å². The van der Waals surface area contributed by atoms with Gasteiger partial charge in [0.15, 0.2) is 5.03 Å². The van der Waals surface area contributed by atoms with Crippen LogP contribution >= 0.6 is 0 Å². The fourth-order valence-electron chi connectivity index (χ4n) is 1.66. The zero-order valence-corrected chi connectivity index (χ0v) is 13.6. The molecule has 0 aliphatic heterocycles. The lowest BCUT2D eigenvalue weighted by molar-refractivity contribution is -0.525. The van der Waals surface area contributed by atoms with Gasteiger partial charge >= 0.3 is 0 Å². The van der Waals surface area contributed by atoms with Crippen molar-refractivity contribution in [3.05, 3.63) is 16.7 Å². The SMILES string of the molecule is CC(=O)N[C@@H](CCCNC(=N)N[N+](=O)[O-])C(=O)N[CH]CC(C)C. The zero-order valence-electron chi connectivity index (χ0n) is 13.6. The molecular formula is C13H25N6O4. The van der Waals surface area contributed by atoms with Gasteiger partial charge in [-0.25, -0.2) is 10.1 Å². The summed E-state index contributed by atoms with van der Waals surface area (Å²) in [7, 11) is 0. The largest absolute Gasteiger partial charge is 0.352 e. The molecule has 0 fully saturated rings. The third kappa shape index (κ3) is 11.9. The Morgan fingerprint density at radius 2 is 2.00 bits per heavy atom. The lowest BCUT2D eigenvalue weighted by Gasteiger charge is -2.18. The summed E-state index contributed by atoms with van der Waals surface area (Å²) in [4.78, 5) is 33.3. The molecule has 0 aliphatic carbocycles. The summed E-state index contributed by atoms with van der Waals surface area (Å²) in [5, 5.41) is 24.2. The standard InChI is InChI=1S/C13H25N6O4/c1-9(2)6-8-15-12(21)11(17-10(3)20)5-4-7-16-13(14)18-19(22)23/h8-9,11H,4-7H2,1-3H3,(H,15,21)(H,17,20)(H3,14,16,18)/t11-/m0/s1. The molecule has 23 heavy (non-hydrogen) atoms. The molecule has 0 aromatic carbocycles. The monoisotopic (exact) mass is 329 g/mol. The van der Waals surface area contributed by atoms with Crippen molar-refractivity contribution < 1.29 is 14.6 Å². The van der Waals surface area contributed by atoms with Crippen LogP contribution < -0.4 is 21.4 Å². The van der Waals surface area contributed by atoms with Crippen molar-refractivity contribution in [2.45, 2.75) is 46.1 Å². The van der Waals surface area contributed by atoms with Crippen LogP contribution in [0, 0.1) is 28.0 Å². The van der Waals surface area contributed by atoms with E-state index < -0.39 is 17.0 Å². The molecule has 1 atom stereocenters. The topological polar surface area (TPSA) is 149 Å². The highest BCUT2D eigenvalue weighted by molar-refractivity contribution is 5.87. The number of carbonyl (C=O) groups is 2. The molecule has 0 saturated heterocycles. The first kappa shape index (κ1) is 20.6. The molecule has 0 bridgehead atoms. The van der Waals surface area contributed by atoms with Gasteiger partial charge in [0, 0.05) is 20.0 Å². The highest BCUT2D eigenvalue weighted by Crippen LogP contribution is 2.02. The van der Waals surface area contributed by atoms with Crippen LogP contribution in [0.4, 0.5) is 0 Å². The summed E-state index contributed by atoms with van der Waals surface area (Å²) >= 11 is 0. The normalized spacial score (nSPS) is 11.5. The van der Waals surface area contributed by atoms with Crippen molar-refractivity contribution in [2.75, 3.05) is 6.54 Å². The van der Waals surface area contributed by atoms with Gasteiger partial charge < -0.3 is 16.0 Å². The maximum Gasteiger partial charge on any atom is 0.251 e. The molecule has 0 aliphatic rings. The highest BCUT2D eigenvalue weighted by atomic mass is 16.7. The Bertz CT molecular complexity index is 427. The predicted octanol–water partition coefficient (Wildman–Crippen LogP) is -0.0989. The molecule has 0 heterocycles. The first-order valence-electron chi connectivity index (χ1n) is 7.35. The number of nitrogens with zero attached hydrogens (tertiary/aromatic N) is 1. The van der Waals surface area contributed by atoms with Gasteiger partial charge in [-0.3, -0.25) is 15.0 Å². The Morgan fingerprint density at radius 1 is 1.35 bits per heavy atom. The van der Waals surface area contributed by atoms with Crippen LogP contribution in [-0.4, -0.2) is 35.4 Å². The molecule has 0 aromatic rings. The van der Waals surface area contributed by atoms with E-state index in [4.69, 9.17) is 5.41 Å². The summed E-state index contributed by atoms with van der Waals surface area (Å²) in [6.07, 6.45) is 1.52. The maximum atomic E-state index is 12.0. The summed E-state index contributed by atoms with van der Waals surface area (Å²) in [6, 6.07) is -0.685. The summed E-state index contributed by atoms with van der Waals surface area (Å²) < 4.78 is 0. The Balaban J connectivity index is 4.18. The third-order valence-electron chi connectivity index (χ3n) is 2.70. The minimum absolute atomic E-state index is 0.263. The quantitative estimate of drug-likeness (QED) is 0.124. The second-order valence-corrected chi connectivity index (χ2v) is 5.41. The van der Waals surface area contributed by atoms with Crippen LogP contribution in [0.15, 0.2) is 0 Å². The highest BCUT2D eigenvalue weighted by Gasteiger charge is 2.18. The van der Waals surface area contributed by atoms with Gasteiger partial charge in [0.2, 0.25) is 11.8 Å². The molecule has 0 unspecified atom stereocenters. The smallest absolute Gasteiger partial charge is 0.251 e. The van der Waals surface area contributed by atoms with Crippen LogP contribution in [0.2, 0.25) is 0 Å². The molecule has 0 aromatic heterocycles. The summed E-state index contributed by atoms with van der Waals surface area (Å²) in [5.41, 5.74) is 1.66. The van der Waals surface area contributed by atoms with Gasteiger partial charge in [-0.2, -0.15) is 0 Å². The number of hydrogen-bond acceptors (Lipinski definition) is 5. The van der Waals surface area contributed by atoms with E-state index >= 15 is 0 Å². The molecule has 0 spiro atoms. The third-order valence-corrected chi connectivity index (χ3v) is 2.70. The van der Waals surface area contributed by atoms with Crippen LogP contribution in [0.3, 0.4) is 0 Å². The Morgan fingerprint density at radius 3 is 2.52 bits per heavy atom. The van der Waals surface area contributed by atoms with Crippen molar-refractivity contribution >= 4 is 17.8 Å². The van der Waals surface area contributed by atoms with E-state index in [-0.39, 0.29) is 18.4 Å². The molecule has 1 radical (unpaired) electrons. The van der Waals surface area contributed by atoms with Crippen molar-refractivity contribution in [3.8, 4) is 0 Å². The van der Waals surface area contributed by atoms with Crippen molar-refractivity contribution in [3.63, 3.8) is 0 Å². The van der Waals surface area contributed by atoms with E-state index in [1.807, 2.05) is 13.8 Å². The lowest BCUT2D eigenvalue weighted by Crippen LogP contribution is -2.46. The van der Waals surface area contributed by atoms with E-state index in [2.05, 4.69) is 16.0 Å². The van der Waals surface area contributed by atoms with E-state index in [0.29, 0.717) is 18.8 Å². The van der Waals surface area contributed by atoms with Gasteiger partial charge in [-0.05, 0) is 25.2 Å². The van der Waals surface area contributed by atoms with Gasteiger partial charge in [-0.1, -0.05) is 19.3 Å². The van der Waals surface area contributed by atoms with E-state index in [9.17, 15) is 19.7 Å². The molecule has 2 amide bonds. The number of guanidine groups is 1. The van der Waals surface area contributed by atoms with Gasteiger partial charge in [0.25, 0.3) is 5.96 Å². The summed E-state index contributed by atoms with van der Waals surface area (Å²) in [5.74, 6) is -0.635. The first-order valence-corrected chi connectivity index (χ1v) is 7.35. The molecule has 10 heteroatoms. The minimum atomic E-state index is -0.840. The molecule has 5 N–H and O–H groups in total.